The molecule has 3 N–H and O–H groups in total. The predicted molar refractivity (Wildman–Crippen MR) is 87.3 cm³/mol. The summed E-state index contributed by atoms with van der Waals surface area (Å²) in [4.78, 5) is 14.0. The number of carbonyl (C=O) groups is 1. The summed E-state index contributed by atoms with van der Waals surface area (Å²) < 4.78 is 1.79. The molecule has 1 aromatic heterocycles. The Morgan fingerprint density at radius 1 is 1.41 bits per heavy atom. The smallest absolute Gasteiger partial charge is 0.252 e. The molecule has 0 radical (unpaired) electrons. The average Bonchev–Trinajstić information content (AvgIpc) is 2.83. The number of carbonyl (C=O) groups excluding carboxylic acids is 1. The molecule has 116 valence electrons. The average molecular weight is 299 g/mol. The number of amides is 1. The summed E-state index contributed by atoms with van der Waals surface area (Å²) in [6.07, 6.45) is 7.28. The SMILES string of the molecule is C#CC(Cn1cc(O)c2ccccc21)(C(N)=O)N(CC)CC. The quantitative estimate of drug-likeness (QED) is 0.795. The number of terminal acetylenes is 1. The Bertz CT molecular complexity index is 725. The number of aromatic nitrogens is 1. The van der Waals surface area contributed by atoms with Crippen molar-refractivity contribution < 1.29 is 9.90 Å². The van der Waals surface area contributed by atoms with Gasteiger partial charge in [-0.05, 0) is 25.2 Å². The second-order valence-corrected chi connectivity index (χ2v) is 5.20. The summed E-state index contributed by atoms with van der Waals surface area (Å²) in [6.45, 7) is 5.28. The maximum absolute atomic E-state index is 12.1. The molecule has 22 heavy (non-hydrogen) atoms. The van der Waals surface area contributed by atoms with Gasteiger partial charge in [0, 0.05) is 11.6 Å². The van der Waals surface area contributed by atoms with Crippen molar-refractivity contribution in [2.24, 2.45) is 5.73 Å². The highest BCUT2D eigenvalue weighted by Crippen LogP contribution is 2.29. The van der Waals surface area contributed by atoms with Crippen LogP contribution < -0.4 is 5.73 Å². The van der Waals surface area contributed by atoms with Crippen LogP contribution in [0.25, 0.3) is 10.9 Å². The highest BCUT2D eigenvalue weighted by atomic mass is 16.3. The van der Waals surface area contributed by atoms with Crippen LogP contribution in [0.15, 0.2) is 30.5 Å². The van der Waals surface area contributed by atoms with E-state index in [1.54, 1.807) is 10.8 Å². The van der Waals surface area contributed by atoms with E-state index < -0.39 is 11.4 Å². The van der Waals surface area contributed by atoms with Crippen LogP contribution in [0.3, 0.4) is 0 Å². The minimum absolute atomic E-state index is 0.158. The van der Waals surface area contributed by atoms with Gasteiger partial charge in [-0.25, -0.2) is 0 Å². The second kappa shape index (κ2) is 6.12. The molecular weight excluding hydrogens is 278 g/mol. The number of nitrogens with zero attached hydrogens (tertiary/aromatic N) is 2. The number of hydrogen-bond donors (Lipinski definition) is 2. The van der Waals surface area contributed by atoms with Gasteiger partial charge in [-0.3, -0.25) is 9.69 Å². The molecule has 0 spiro atoms. The van der Waals surface area contributed by atoms with Crippen molar-refractivity contribution in [1.29, 1.82) is 0 Å². The van der Waals surface area contributed by atoms with Crippen molar-refractivity contribution in [3.8, 4) is 18.1 Å². The maximum atomic E-state index is 12.1. The Balaban J connectivity index is 2.55. The Labute approximate surface area is 130 Å². The molecule has 0 fully saturated rings. The fourth-order valence-electron chi connectivity index (χ4n) is 2.91. The van der Waals surface area contributed by atoms with Gasteiger partial charge in [0.05, 0.1) is 12.1 Å². The van der Waals surface area contributed by atoms with Gasteiger partial charge in [0.1, 0.15) is 5.75 Å². The third-order valence-electron chi connectivity index (χ3n) is 4.12. The molecule has 1 amide bonds. The second-order valence-electron chi connectivity index (χ2n) is 5.20. The number of likely N-dealkylation sites (N-methyl/N-ethyl adjacent to an activating group) is 1. The van der Waals surface area contributed by atoms with Crippen LogP contribution in [0.4, 0.5) is 0 Å². The van der Waals surface area contributed by atoms with Crippen LogP contribution in [-0.2, 0) is 11.3 Å². The molecule has 1 atom stereocenters. The van der Waals surface area contributed by atoms with Crippen molar-refractivity contribution in [1.82, 2.24) is 9.47 Å². The van der Waals surface area contributed by atoms with Crippen molar-refractivity contribution in [3.05, 3.63) is 30.5 Å². The summed E-state index contributed by atoms with van der Waals surface area (Å²) in [5, 5.41) is 10.8. The third-order valence-corrected chi connectivity index (χ3v) is 4.12. The summed E-state index contributed by atoms with van der Waals surface area (Å²) >= 11 is 0. The molecule has 0 aliphatic carbocycles. The molecular formula is C17H21N3O2. The van der Waals surface area contributed by atoms with Gasteiger partial charge in [-0.15, -0.1) is 6.42 Å². The van der Waals surface area contributed by atoms with E-state index in [0.717, 1.165) is 10.9 Å². The van der Waals surface area contributed by atoms with E-state index in [0.29, 0.717) is 13.1 Å². The van der Waals surface area contributed by atoms with Gasteiger partial charge in [0.2, 0.25) is 0 Å². The summed E-state index contributed by atoms with van der Waals surface area (Å²) in [5.41, 5.74) is 5.22. The van der Waals surface area contributed by atoms with Gasteiger partial charge in [-0.2, -0.15) is 0 Å². The fourth-order valence-corrected chi connectivity index (χ4v) is 2.91. The van der Waals surface area contributed by atoms with E-state index in [4.69, 9.17) is 12.2 Å². The number of hydrogen-bond acceptors (Lipinski definition) is 3. The summed E-state index contributed by atoms with van der Waals surface area (Å²) in [6, 6.07) is 7.41. The van der Waals surface area contributed by atoms with E-state index >= 15 is 0 Å². The zero-order chi connectivity index (χ0) is 16.3. The topological polar surface area (TPSA) is 71.5 Å². The molecule has 1 aromatic carbocycles. The van der Waals surface area contributed by atoms with Crippen LogP contribution in [0.5, 0.6) is 5.75 Å². The van der Waals surface area contributed by atoms with E-state index in [1.165, 1.54) is 0 Å². The molecule has 0 aliphatic heterocycles. The Hall–Kier alpha value is -2.45. The Morgan fingerprint density at radius 2 is 2.05 bits per heavy atom. The first-order chi connectivity index (χ1) is 10.5. The van der Waals surface area contributed by atoms with Gasteiger partial charge in [0.25, 0.3) is 5.91 Å². The number of aromatic hydroxyl groups is 1. The molecule has 2 aromatic rings. The Kier molecular flexibility index (Phi) is 4.43. The maximum Gasteiger partial charge on any atom is 0.252 e. The number of fused-ring (bicyclic) bond motifs is 1. The van der Waals surface area contributed by atoms with Gasteiger partial charge in [-0.1, -0.05) is 31.9 Å². The van der Waals surface area contributed by atoms with Crippen molar-refractivity contribution in [2.75, 3.05) is 13.1 Å². The Morgan fingerprint density at radius 3 is 2.59 bits per heavy atom. The van der Waals surface area contributed by atoms with E-state index in [-0.39, 0.29) is 12.3 Å². The molecule has 2 rings (SSSR count). The van der Waals surface area contributed by atoms with Gasteiger partial charge >= 0.3 is 0 Å². The number of para-hydroxylation sites is 1. The van der Waals surface area contributed by atoms with E-state index in [2.05, 4.69) is 5.92 Å². The lowest BCUT2D eigenvalue weighted by Crippen LogP contribution is -2.59. The number of benzene rings is 1. The minimum Gasteiger partial charge on any atom is -0.506 e. The summed E-state index contributed by atoms with van der Waals surface area (Å²) in [5.74, 6) is 2.19. The van der Waals surface area contributed by atoms with E-state index in [9.17, 15) is 9.90 Å². The van der Waals surface area contributed by atoms with Crippen molar-refractivity contribution in [3.63, 3.8) is 0 Å². The minimum atomic E-state index is -1.22. The lowest BCUT2D eigenvalue weighted by Gasteiger charge is -2.36. The van der Waals surface area contributed by atoms with Crippen LogP contribution in [0.1, 0.15) is 13.8 Å². The normalized spacial score (nSPS) is 13.9. The third kappa shape index (κ3) is 2.42. The van der Waals surface area contributed by atoms with Crippen molar-refractivity contribution in [2.45, 2.75) is 25.9 Å². The number of primary amides is 1. The first kappa shape index (κ1) is 15.9. The zero-order valence-corrected chi connectivity index (χ0v) is 12.9. The number of nitrogens with two attached hydrogens (primary N) is 1. The van der Waals surface area contributed by atoms with Gasteiger partial charge < -0.3 is 15.4 Å². The largest absolute Gasteiger partial charge is 0.506 e. The van der Waals surface area contributed by atoms with Crippen LogP contribution >= 0.6 is 0 Å². The molecule has 0 saturated heterocycles. The lowest BCUT2D eigenvalue weighted by atomic mass is 9.96. The number of rotatable bonds is 6. The molecule has 0 bridgehead atoms. The predicted octanol–water partition coefficient (Wildman–Crippen LogP) is 1.55. The zero-order valence-electron chi connectivity index (χ0n) is 12.9. The molecule has 0 saturated carbocycles. The fraction of sp³-hybridized carbons (Fsp3) is 0.353. The van der Waals surface area contributed by atoms with Crippen LogP contribution in [0.2, 0.25) is 0 Å². The van der Waals surface area contributed by atoms with Crippen molar-refractivity contribution >= 4 is 16.8 Å². The first-order valence-corrected chi connectivity index (χ1v) is 7.29. The molecule has 0 aliphatic rings. The summed E-state index contributed by atoms with van der Waals surface area (Å²) in [7, 11) is 0. The highest BCUT2D eigenvalue weighted by Gasteiger charge is 2.40. The first-order valence-electron chi connectivity index (χ1n) is 7.29. The lowest BCUT2D eigenvalue weighted by molar-refractivity contribution is -0.127. The van der Waals surface area contributed by atoms with Crippen LogP contribution in [0, 0.1) is 12.3 Å². The van der Waals surface area contributed by atoms with Crippen LogP contribution in [-0.4, -0.2) is 39.1 Å². The standard InChI is InChI=1S/C17H21N3O2/c1-4-17(16(18)22,20(5-2)6-3)12-19-11-15(21)13-9-7-8-10-14(13)19/h1,7-11,21H,5-6,12H2,2-3H3,(H2,18,22). The monoisotopic (exact) mass is 299 g/mol. The molecule has 5 nitrogen and oxygen atoms in total. The molecule has 1 unspecified atom stereocenters. The van der Waals surface area contributed by atoms with Gasteiger partial charge in [0.15, 0.2) is 5.54 Å². The van der Waals surface area contributed by atoms with E-state index in [1.807, 2.05) is 43.0 Å². The highest BCUT2D eigenvalue weighted by molar-refractivity contribution is 5.90. The molecule has 1 heterocycles. The molecule has 5 heteroatoms.